The highest BCUT2D eigenvalue weighted by molar-refractivity contribution is 7.11. The second kappa shape index (κ2) is 5.66. The molecule has 0 unspecified atom stereocenters. The average Bonchev–Trinajstić information content (AvgIpc) is 2.82. The van der Waals surface area contributed by atoms with Gasteiger partial charge in [0.05, 0.1) is 24.6 Å². The van der Waals surface area contributed by atoms with Crippen LogP contribution in [0, 0.1) is 17.0 Å². The van der Waals surface area contributed by atoms with E-state index in [4.69, 9.17) is 4.74 Å². The maximum absolute atomic E-state index is 11.0. The number of hydrogen-bond donors (Lipinski definition) is 1. The van der Waals surface area contributed by atoms with Crippen molar-refractivity contribution in [2.45, 2.75) is 13.5 Å². The van der Waals surface area contributed by atoms with Crippen LogP contribution < -0.4 is 10.1 Å². The highest BCUT2D eigenvalue weighted by Gasteiger charge is 2.15. The quantitative estimate of drug-likeness (QED) is 0.672. The Balaban J connectivity index is 2.17. The van der Waals surface area contributed by atoms with Crippen molar-refractivity contribution in [3.8, 4) is 5.75 Å². The molecule has 0 atom stereocenters. The van der Waals surface area contributed by atoms with Crippen molar-refractivity contribution < 1.29 is 9.66 Å². The molecule has 0 bridgehead atoms. The van der Waals surface area contributed by atoms with Crippen LogP contribution in [0.5, 0.6) is 5.75 Å². The number of hydrogen-bond acceptors (Lipinski definition) is 6. The number of nitro benzene ring substituents is 1. The van der Waals surface area contributed by atoms with Gasteiger partial charge in [-0.2, -0.15) is 0 Å². The van der Waals surface area contributed by atoms with Gasteiger partial charge in [0.1, 0.15) is 16.4 Å². The molecule has 0 radical (unpaired) electrons. The van der Waals surface area contributed by atoms with Crippen LogP contribution in [-0.2, 0) is 6.54 Å². The predicted molar refractivity (Wildman–Crippen MR) is 73.8 cm³/mol. The summed E-state index contributed by atoms with van der Waals surface area (Å²) in [6.07, 6.45) is 1.78. The first kappa shape index (κ1) is 13.3. The van der Waals surface area contributed by atoms with Crippen LogP contribution in [0.4, 0.5) is 11.4 Å². The largest absolute Gasteiger partial charge is 0.496 e. The molecule has 6 nitrogen and oxygen atoms in total. The number of nitrogens with one attached hydrogen (secondary N) is 1. The molecule has 0 aliphatic carbocycles. The van der Waals surface area contributed by atoms with Crippen LogP contribution in [0.2, 0.25) is 0 Å². The first-order valence-corrected chi connectivity index (χ1v) is 6.39. The number of benzene rings is 1. The summed E-state index contributed by atoms with van der Waals surface area (Å²) in [6.45, 7) is 2.43. The molecule has 0 aliphatic rings. The highest BCUT2D eigenvalue weighted by atomic mass is 32.1. The maximum atomic E-state index is 11.0. The highest BCUT2D eigenvalue weighted by Crippen LogP contribution is 2.29. The normalized spacial score (nSPS) is 10.2. The molecule has 0 saturated carbocycles. The number of aryl methyl sites for hydroxylation is 1. The number of thiazole rings is 1. The molecule has 0 saturated heterocycles. The Morgan fingerprint density at radius 1 is 1.53 bits per heavy atom. The van der Waals surface area contributed by atoms with Gasteiger partial charge in [0.15, 0.2) is 0 Å². The van der Waals surface area contributed by atoms with E-state index >= 15 is 0 Å². The second-order valence-corrected chi connectivity index (χ2v) is 5.18. The Kier molecular flexibility index (Phi) is 3.96. The lowest BCUT2D eigenvalue weighted by Crippen LogP contribution is -2.02. The minimum absolute atomic E-state index is 0.00683. The zero-order valence-electron chi connectivity index (χ0n) is 10.5. The molecule has 0 amide bonds. The number of methoxy groups -OCH3 is 1. The molecule has 1 aromatic carbocycles. The van der Waals surface area contributed by atoms with E-state index in [9.17, 15) is 10.1 Å². The summed E-state index contributed by atoms with van der Waals surface area (Å²) in [4.78, 5) is 15.9. The van der Waals surface area contributed by atoms with Crippen LogP contribution in [0.1, 0.15) is 9.88 Å². The van der Waals surface area contributed by atoms with Crippen molar-refractivity contribution >= 4 is 22.7 Å². The molecule has 1 N–H and O–H groups in total. The summed E-state index contributed by atoms with van der Waals surface area (Å²) >= 11 is 1.56. The predicted octanol–water partition coefficient (Wildman–Crippen LogP) is 2.98. The van der Waals surface area contributed by atoms with E-state index in [2.05, 4.69) is 10.3 Å². The number of anilines is 1. The van der Waals surface area contributed by atoms with Crippen molar-refractivity contribution in [3.63, 3.8) is 0 Å². The van der Waals surface area contributed by atoms with Crippen molar-refractivity contribution in [1.82, 2.24) is 4.98 Å². The van der Waals surface area contributed by atoms with E-state index < -0.39 is 4.92 Å². The lowest BCUT2D eigenvalue weighted by atomic mass is 10.2. The van der Waals surface area contributed by atoms with Gasteiger partial charge in [-0.25, -0.2) is 4.98 Å². The molecule has 0 fully saturated rings. The van der Waals surface area contributed by atoms with Gasteiger partial charge < -0.3 is 10.1 Å². The fourth-order valence-electron chi connectivity index (χ4n) is 1.59. The lowest BCUT2D eigenvalue weighted by molar-refractivity contribution is -0.384. The molecule has 0 aliphatic heterocycles. The van der Waals surface area contributed by atoms with Crippen molar-refractivity contribution in [3.05, 3.63) is 44.4 Å². The summed E-state index contributed by atoms with van der Waals surface area (Å²) in [7, 11) is 1.48. The molecular formula is C12H13N3O3S. The Morgan fingerprint density at radius 2 is 2.32 bits per heavy atom. The van der Waals surface area contributed by atoms with Gasteiger partial charge in [-0.3, -0.25) is 10.1 Å². The number of rotatable bonds is 5. The van der Waals surface area contributed by atoms with E-state index in [1.807, 2.05) is 6.92 Å². The lowest BCUT2D eigenvalue weighted by Gasteiger charge is -2.07. The SMILES string of the molecule is COc1ccc(NCc2ncc(C)s2)c([N+](=O)[O-])c1. The smallest absolute Gasteiger partial charge is 0.296 e. The van der Waals surface area contributed by atoms with E-state index in [-0.39, 0.29) is 5.69 Å². The minimum Gasteiger partial charge on any atom is -0.496 e. The van der Waals surface area contributed by atoms with E-state index in [0.29, 0.717) is 18.0 Å². The van der Waals surface area contributed by atoms with Crippen molar-refractivity contribution in [2.24, 2.45) is 0 Å². The third-order valence-electron chi connectivity index (χ3n) is 2.50. The summed E-state index contributed by atoms with van der Waals surface area (Å²) in [5, 5.41) is 14.9. The van der Waals surface area contributed by atoms with Gasteiger partial charge >= 0.3 is 0 Å². The van der Waals surface area contributed by atoms with Gasteiger partial charge in [-0.15, -0.1) is 11.3 Å². The van der Waals surface area contributed by atoms with Crippen LogP contribution in [-0.4, -0.2) is 17.0 Å². The van der Waals surface area contributed by atoms with E-state index in [1.165, 1.54) is 13.2 Å². The van der Waals surface area contributed by atoms with Gasteiger partial charge in [-0.05, 0) is 19.1 Å². The molecule has 7 heteroatoms. The average molecular weight is 279 g/mol. The van der Waals surface area contributed by atoms with Crippen LogP contribution >= 0.6 is 11.3 Å². The first-order chi connectivity index (χ1) is 9.10. The Hall–Kier alpha value is -2.15. The molecular weight excluding hydrogens is 266 g/mol. The van der Waals surface area contributed by atoms with Gasteiger partial charge in [0, 0.05) is 11.1 Å². The molecule has 1 aromatic heterocycles. The van der Waals surface area contributed by atoms with Crippen molar-refractivity contribution in [1.29, 1.82) is 0 Å². The topological polar surface area (TPSA) is 77.3 Å². The number of nitro groups is 1. The van der Waals surface area contributed by atoms with Crippen LogP contribution in [0.15, 0.2) is 24.4 Å². The molecule has 100 valence electrons. The fraction of sp³-hybridized carbons (Fsp3) is 0.250. The monoisotopic (exact) mass is 279 g/mol. The number of ether oxygens (including phenoxy) is 1. The Labute approximate surface area is 114 Å². The first-order valence-electron chi connectivity index (χ1n) is 5.57. The molecule has 2 rings (SSSR count). The van der Waals surface area contributed by atoms with Crippen molar-refractivity contribution in [2.75, 3.05) is 12.4 Å². The van der Waals surface area contributed by atoms with Gasteiger partial charge in [-0.1, -0.05) is 0 Å². The molecule has 0 spiro atoms. The molecule has 19 heavy (non-hydrogen) atoms. The summed E-state index contributed by atoms with van der Waals surface area (Å²) in [5.74, 6) is 0.461. The Bertz CT molecular complexity index is 598. The Morgan fingerprint density at radius 3 is 2.89 bits per heavy atom. The molecule has 1 heterocycles. The summed E-state index contributed by atoms with van der Waals surface area (Å²) in [5.41, 5.74) is 0.450. The number of nitrogens with zero attached hydrogens (tertiary/aromatic N) is 2. The summed E-state index contributed by atoms with van der Waals surface area (Å²) in [6, 6.07) is 4.72. The van der Waals surface area contributed by atoms with Crippen LogP contribution in [0.25, 0.3) is 0 Å². The van der Waals surface area contributed by atoms with Gasteiger partial charge in [0.2, 0.25) is 0 Å². The second-order valence-electron chi connectivity index (χ2n) is 3.86. The van der Waals surface area contributed by atoms with Gasteiger partial charge in [0.25, 0.3) is 5.69 Å². The molecule has 2 aromatic rings. The standard InChI is InChI=1S/C12H13N3O3S/c1-8-6-14-12(19-8)7-13-10-4-3-9(18-2)5-11(10)15(16)17/h3-6,13H,7H2,1-2H3. The van der Waals surface area contributed by atoms with Crippen LogP contribution in [0.3, 0.4) is 0 Å². The minimum atomic E-state index is -0.433. The third kappa shape index (κ3) is 3.19. The van der Waals surface area contributed by atoms with E-state index in [0.717, 1.165) is 9.88 Å². The van der Waals surface area contributed by atoms with E-state index in [1.54, 1.807) is 29.7 Å². The fourth-order valence-corrected chi connectivity index (χ4v) is 2.32. The maximum Gasteiger partial charge on any atom is 0.296 e. The zero-order valence-corrected chi connectivity index (χ0v) is 11.4. The zero-order chi connectivity index (χ0) is 13.8. The number of aromatic nitrogens is 1. The summed E-state index contributed by atoms with van der Waals surface area (Å²) < 4.78 is 4.98. The third-order valence-corrected chi connectivity index (χ3v) is 3.41.